The summed E-state index contributed by atoms with van der Waals surface area (Å²) in [5.41, 5.74) is 0.589. The zero-order chi connectivity index (χ0) is 10.8. The van der Waals surface area contributed by atoms with Crippen molar-refractivity contribution in [2.75, 3.05) is 0 Å². The summed E-state index contributed by atoms with van der Waals surface area (Å²) in [5, 5.41) is 0. The van der Waals surface area contributed by atoms with Gasteiger partial charge in [0.05, 0.1) is 4.47 Å². The van der Waals surface area contributed by atoms with Crippen LogP contribution in [0.4, 0.5) is 13.2 Å². The van der Waals surface area contributed by atoms with Gasteiger partial charge in [-0.05, 0) is 39.7 Å². The van der Waals surface area contributed by atoms with Gasteiger partial charge in [-0.3, -0.25) is 0 Å². The van der Waals surface area contributed by atoms with Crippen LogP contribution in [0.3, 0.4) is 0 Å². The molecule has 1 nitrogen and oxygen atoms in total. The molecule has 0 saturated carbocycles. The van der Waals surface area contributed by atoms with Crippen LogP contribution < -0.4 is 4.74 Å². The summed E-state index contributed by atoms with van der Waals surface area (Å²) in [6.07, 6.45) is -2.14. The van der Waals surface area contributed by atoms with Crippen molar-refractivity contribution >= 4 is 15.9 Å². The van der Waals surface area contributed by atoms with E-state index in [2.05, 4.69) is 33.3 Å². The summed E-state index contributed by atoms with van der Waals surface area (Å²) in [4.78, 5) is 0. The highest BCUT2D eigenvalue weighted by Gasteiger charge is 2.31. The SMILES string of the molecule is C=[C]c1ccc(OC(F)(F)F)c(Br)c1. The Balaban J connectivity index is 2.95. The quantitative estimate of drug-likeness (QED) is 0.793. The summed E-state index contributed by atoms with van der Waals surface area (Å²) in [7, 11) is 0. The molecule has 75 valence electrons. The lowest BCUT2D eigenvalue weighted by atomic mass is 10.2. The molecular formula is C9H5BrF3O. The topological polar surface area (TPSA) is 9.23 Å². The monoisotopic (exact) mass is 265 g/mol. The normalized spacial score (nSPS) is 11.1. The molecule has 0 amide bonds. The minimum Gasteiger partial charge on any atom is -0.405 e. The van der Waals surface area contributed by atoms with E-state index in [1.54, 1.807) is 0 Å². The van der Waals surface area contributed by atoms with Gasteiger partial charge < -0.3 is 4.74 Å². The maximum Gasteiger partial charge on any atom is 0.573 e. The van der Waals surface area contributed by atoms with Gasteiger partial charge in [-0.1, -0.05) is 12.6 Å². The lowest BCUT2D eigenvalue weighted by molar-refractivity contribution is -0.274. The average Bonchev–Trinajstić information content (AvgIpc) is 2.06. The third kappa shape index (κ3) is 3.06. The molecule has 0 atom stereocenters. The molecule has 0 heterocycles. The van der Waals surface area contributed by atoms with Crippen molar-refractivity contribution in [1.29, 1.82) is 0 Å². The lowest BCUT2D eigenvalue weighted by Crippen LogP contribution is -2.17. The second-order valence-corrected chi connectivity index (χ2v) is 3.22. The van der Waals surface area contributed by atoms with Crippen LogP contribution in [0, 0.1) is 6.08 Å². The van der Waals surface area contributed by atoms with Crippen LogP contribution in [-0.2, 0) is 0 Å². The predicted octanol–water partition coefficient (Wildman–Crippen LogP) is 3.68. The molecule has 0 aliphatic heterocycles. The molecule has 1 radical (unpaired) electrons. The number of ether oxygens (including phenoxy) is 1. The Hall–Kier alpha value is -0.970. The first kappa shape index (κ1) is 11.1. The van der Waals surface area contributed by atoms with Crippen molar-refractivity contribution in [2.45, 2.75) is 6.36 Å². The van der Waals surface area contributed by atoms with Crippen molar-refractivity contribution in [3.63, 3.8) is 0 Å². The minimum absolute atomic E-state index is 0.212. The Bertz CT molecular complexity index is 346. The fourth-order valence-electron chi connectivity index (χ4n) is 0.818. The summed E-state index contributed by atoms with van der Waals surface area (Å²) >= 11 is 2.95. The standard InChI is InChI=1S/C9H5BrF3O/c1-2-6-3-4-8(7(10)5-6)14-9(11,12)13/h3-5H,1H2. The Labute approximate surface area is 87.3 Å². The number of halogens is 4. The van der Waals surface area contributed by atoms with E-state index >= 15 is 0 Å². The lowest BCUT2D eigenvalue weighted by Gasteiger charge is -2.10. The highest BCUT2D eigenvalue weighted by Crippen LogP contribution is 2.30. The van der Waals surface area contributed by atoms with Gasteiger partial charge >= 0.3 is 6.36 Å². The van der Waals surface area contributed by atoms with Crippen molar-refractivity contribution in [3.05, 3.63) is 40.9 Å². The molecule has 1 aromatic rings. The molecular weight excluding hydrogens is 261 g/mol. The minimum atomic E-state index is -4.68. The Kier molecular flexibility index (Phi) is 3.21. The van der Waals surface area contributed by atoms with E-state index in [0.717, 1.165) is 0 Å². The van der Waals surface area contributed by atoms with Crippen molar-refractivity contribution in [2.24, 2.45) is 0 Å². The van der Waals surface area contributed by atoms with Crippen molar-refractivity contribution < 1.29 is 17.9 Å². The molecule has 5 heteroatoms. The highest BCUT2D eigenvalue weighted by molar-refractivity contribution is 9.10. The van der Waals surface area contributed by atoms with Crippen molar-refractivity contribution in [1.82, 2.24) is 0 Å². The van der Waals surface area contributed by atoms with Gasteiger partial charge in [-0.2, -0.15) is 0 Å². The third-order valence-electron chi connectivity index (χ3n) is 1.36. The molecule has 0 aliphatic rings. The number of alkyl halides is 3. The van der Waals surface area contributed by atoms with E-state index in [-0.39, 0.29) is 10.2 Å². The maximum atomic E-state index is 11.8. The Morgan fingerprint density at radius 1 is 1.36 bits per heavy atom. The van der Waals surface area contributed by atoms with Crippen LogP contribution in [0.15, 0.2) is 29.3 Å². The first-order valence-electron chi connectivity index (χ1n) is 3.51. The third-order valence-corrected chi connectivity index (χ3v) is 1.98. The number of benzene rings is 1. The molecule has 1 aromatic carbocycles. The van der Waals surface area contributed by atoms with Gasteiger partial charge in [0.1, 0.15) is 5.75 Å². The first-order valence-corrected chi connectivity index (χ1v) is 4.30. The molecule has 0 unspecified atom stereocenters. The van der Waals surface area contributed by atoms with E-state index in [0.29, 0.717) is 5.56 Å². The van der Waals surface area contributed by atoms with E-state index in [9.17, 15) is 13.2 Å². The Morgan fingerprint density at radius 2 is 2.00 bits per heavy atom. The van der Waals surface area contributed by atoms with Gasteiger partial charge in [0.25, 0.3) is 0 Å². The zero-order valence-electron chi connectivity index (χ0n) is 6.86. The molecule has 0 fully saturated rings. The fraction of sp³-hybridized carbons (Fsp3) is 0.111. The number of hydrogen-bond donors (Lipinski definition) is 0. The molecule has 0 N–H and O–H groups in total. The predicted molar refractivity (Wildman–Crippen MR) is 48.8 cm³/mol. The molecule has 1 rings (SSSR count). The largest absolute Gasteiger partial charge is 0.573 e. The van der Waals surface area contributed by atoms with E-state index in [1.807, 2.05) is 0 Å². The fourth-order valence-corrected chi connectivity index (χ4v) is 1.28. The molecule has 0 aliphatic carbocycles. The maximum absolute atomic E-state index is 11.8. The van der Waals surface area contributed by atoms with Crippen LogP contribution in [0.5, 0.6) is 5.75 Å². The van der Waals surface area contributed by atoms with E-state index < -0.39 is 6.36 Å². The molecule has 0 saturated heterocycles. The van der Waals surface area contributed by atoms with Gasteiger partial charge in [-0.25, -0.2) is 0 Å². The second kappa shape index (κ2) is 4.04. The van der Waals surface area contributed by atoms with E-state index in [4.69, 9.17) is 0 Å². The zero-order valence-corrected chi connectivity index (χ0v) is 8.45. The Morgan fingerprint density at radius 3 is 2.43 bits per heavy atom. The summed E-state index contributed by atoms with van der Waals surface area (Å²) in [6.45, 7) is 3.37. The molecule has 0 aromatic heterocycles. The highest BCUT2D eigenvalue weighted by atomic mass is 79.9. The average molecular weight is 266 g/mol. The van der Waals surface area contributed by atoms with Crippen molar-refractivity contribution in [3.8, 4) is 5.75 Å². The second-order valence-electron chi connectivity index (χ2n) is 2.37. The summed E-state index contributed by atoms with van der Waals surface area (Å²) in [5.74, 6) is -0.281. The first-order chi connectivity index (χ1) is 6.42. The number of hydrogen-bond acceptors (Lipinski definition) is 1. The smallest absolute Gasteiger partial charge is 0.405 e. The van der Waals surface area contributed by atoms with Crippen LogP contribution in [0.2, 0.25) is 0 Å². The van der Waals surface area contributed by atoms with Gasteiger partial charge in [-0.15, -0.1) is 13.2 Å². The van der Waals surface area contributed by atoms with Gasteiger partial charge in [0.2, 0.25) is 0 Å². The van der Waals surface area contributed by atoms with Crippen LogP contribution in [0.25, 0.3) is 0 Å². The molecule has 0 bridgehead atoms. The summed E-state index contributed by atoms with van der Waals surface area (Å²) in [6, 6.07) is 4.07. The number of rotatable bonds is 2. The van der Waals surface area contributed by atoms with Crippen LogP contribution >= 0.6 is 15.9 Å². The van der Waals surface area contributed by atoms with Gasteiger partial charge in [0.15, 0.2) is 0 Å². The summed E-state index contributed by atoms with van der Waals surface area (Å²) < 4.78 is 39.4. The van der Waals surface area contributed by atoms with Crippen LogP contribution in [0.1, 0.15) is 5.56 Å². The van der Waals surface area contributed by atoms with Gasteiger partial charge in [0, 0.05) is 0 Å². The molecule has 14 heavy (non-hydrogen) atoms. The van der Waals surface area contributed by atoms with E-state index in [1.165, 1.54) is 18.2 Å². The van der Waals surface area contributed by atoms with Crippen LogP contribution in [-0.4, -0.2) is 6.36 Å². The molecule has 0 spiro atoms.